The number of rotatable bonds is 3. The minimum atomic E-state index is -1.17. The van der Waals surface area contributed by atoms with Gasteiger partial charge in [-0.2, -0.15) is 9.98 Å². The fraction of sp³-hybridized carbons (Fsp3) is 0.308. The van der Waals surface area contributed by atoms with Crippen LogP contribution in [0.5, 0.6) is 5.75 Å². The van der Waals surface area contributed by atoms with Crippen LogP contribution in [-0.2, 0) is 4.74 Å². The molecule has 110 valence electrons. The van der Waals surface area contributed by atoms with Crippen molar-refractivity contribution in [2.24, 2.45) is 15.0 Å². The molecule has 2 rings (SSSR count). The molecular weight excluding hydrogens is 276 g/mol. The molecule has 0 saturated heterocycles. The molecule has 0 aliphatic carbocycles. The van der Waals surface area contributed by atoms with Crippen LogP contribution in [0.15, 0.2) is 39.2 Å². The zero-order valence-electron chi connectivity index (χ0n) is 11.8. The molecule has 1 unspecified atom stereocenters. The lowest BCUT2D eigenvalue weighted by Gasteiger charge is -2.14. The molecule has 0 spiro atoms. The first-order valence-corrected chi connectivity index (χ1v) is 6.09. The summed E-state index contributed by atoms with van der Waals surface area (Å²) in [5, 5.41) is 11.2. The summed E-state index contributed by atoms with van der Waals surface area (Å²) in [5.41, 5.74) is 0.811. The second kappa shape index (κ2) is 6.12. The van der Waals surface area contributed by atoms with Gasteiger partial charge in [-0.1, -0.05) is 0 Å². The van der Waals surface area contributed by atoms with E-state index in [9.17, 15) is 10.1 Å². The van der Waals surface area contributed by atoms with E-state index < -0.39 is 11.0 Å². The highest BCUT2D eigenvalue weighted by atomic mass is 16.6. The van der Waals surface area contributed by atoms with E-state index in [-0.39, 0.29) is 17.6 Å². The smallest absolute Gasteiger partial charge is 0.318 e. The highest BCUT2D eigenvalue weighted by molar-refractivity contribution is 6.17. The highest BCUT2D eigenvalue weighted by Gasteiger charge is 2.35. The number of methoxy groups -OCH3 is 2. The lowest BCUT2D eigenvalue weighted by molar-refractivity contribution is -0.484. The molecule has 8 nitrogen and oxygen atoms in total. The van der Waals surface area contributed by atoms with Crippen LogP contribution in [0.4, 0.5) is 5.69 Å². The second-order valence-corrected chi connectivity index (χ2v) is 4.21. The van der Waals surface area contributed by atoms with Gasteiger partial charge in [0.15, 0.2) is 0 Å². The van der Waals surface area contributed by atoms with Gasteiger partial charge in [0.05, 0.1) is 19.9 Å². The molecule has 21 heavy (non-hydrogen) atoms. The molecule has 0 aromatic heterocycles. The highest BCUT2D eigenvalue weighted by Crippen LogP contribution is 2.20. The van der Waals surface area contributed by atoms with Gasteiger partial charge >= 0.3 is 12.1 Å². The molecule has 0 saturated carbocycles. The quantitative estimate of drug-likeness (QED) is 0.626. The predicted octanol–water partition coefficient (Wildman–Crippen LogP) is 1.85. The van der Waals surface area contributed by atoms with E-state index in [4.69, 9.17) is 9.47 Å². The maximum atomic E-state index is 11.2. The average Bonchev–Trinajstić information content (AvgIpc) is 2.47. The molecular formula is C13H14N4O4. The minimum Gasteiger partial charge on any atom is -0.497 e. The second-order valence-electron chi connectivity index (χ2n) is 4.21. The van der Waals surface area contributed by atoms with Gasteiger partial charge in [-0.25, -0.2) is 4.99 Å². The first-order chi connectivity index (χ1) is 10.0. The van der Waals surface area contributed by atoms with Crippen molar-refractivity contribution >= 4 is 23.3 Å². The summed E-state index contributed by atoms with van der Waals surface area (Å²) in [6.45, 7) is 1.55. The van der Waals surface area contributed by atoms with Crippen molar-refractivity contribution < 1.29 is 14.4 Å². The van der Waals surface area contributed by atoms with Crippen LogP contribution in [0.1, 0.15) is 6.92 Å². The SMILES string of the molecule is COC1=NC(=Nc2ccc(OC)cc2)C([N+](=O)[O-])C(C)=N1. The number of amidine groups is 2. The van der Waals surface area contributed by atoms with Gasteiger partial charge in [0, 0.05) is 4.92 Å². The minimum absolute atomic E-state index is 0.0366. The maximum absolute atomic E-state index is 11.2. The van der Waals surface area contributed by atoms with Crippen molar-refractivity contribution in [1.29, 1.82) is 0 Å². The third-order valence-corrected chi connectivity index (χ3v) is 2.83. The van der Waals surface area contributed by atoms with Gasteiger partial charge in [0.1, 0.15) is 11.5 Å². The maximum Gasteiger partial charge on any atom is 0.318 e. The van der Waals surface area contributed by atoms with Gasteiger partial charge in [-0.05, 0) is 31.2 Å². The molecule has 1 aromatic rings. The first kappa shape index (κ1) is 14.6. The van der Waals surface area contributed by atoms with Crippen molar-refractivity contribution in [1.82, 2.24) is 0 Å². The molecule has 0 amide bonds. The van der Waals surface area contributed by atoms with E-state index >= 15 is 0 Å². The number of nitro groups is 1. The Balaban J connectivity index is 2.41. The summed E-state index contributed by atoms with van der Waals surface area (Å²) < 4.78 is 9.98. The van der Waals surface area contributed by atoms with Crippen LogP contribution in [0, 0.1) is 10.1 Å². The van der Waals surface area contributed by atoms with Crippen LogP contribution >= 0.6 is 0 Å². The molecule has 0 fully saturated rings. The van der Waals surface area contributed by atoms with E-state index in [1.165, 1.54) is 7.11 Å². The Morgan fingerprint density at radius 1 is 1.19 bits per heavy atom. The summed E-state index contributed by atoms with van der Waals surface area (Å²) >= 11 is 0. The number of hydrogen-bond acceptors (Lipinski definition) is 6. The summed E-state index contributed by atoms with van der Waals surface area (Å²) in [6.07, 6.45) is 0. The number of nitrogens with zero attached hydrogens (tertiary/aromatic N) is 4. The standard InChI is InChI=1S/C13H14N4O4/c1-8-11(17(18)19)12(16-13(14-8)21-3)15-9-4-6-10(20-2)7-5-9/h4-7,11H,1-3H3. The molecule has 1 aromatic carbocycles. The van der Waals surface area contributed by atoms with E-state index in [2.05, 4.69) is 15.0 Å². The zero-order chi connectivity index (χ0) is 15.4. The third-order valence-electron chi connectivity index (χ3n) is 2.83. The van der Waals surface area contributed by atoms with Crippen LogP contribution in [0.3, 0.4) is 0 Å². The van der Waals surface area contributed by atoms with Gasteiger partial charge in [-0.15, -0.1) is 0 Å². The molecule has 8 heteroatoms. The Kier molecular flexibility index (Phi) is 4.27. The van der Waals surface area contributed by atoms with Gasteiger partial charge in [0.25, 0.3) is 0 Å². The van der Waals surface area contributed by atoms with Gasteiger partial charge in [-0.3, -0.25) is 10.1 Å². The van der Waals surface area contributed by atoms with Crippen LogP contribution in [0.25, 0.3) is 0 Å². The lowest BCUT2D eigenvalue weighted by atomic mass is 10.1. The van der Waals surface area contributed by atoms with E-state index in [0.717, 1.165) is 0 Å². The van der Waals surface area contributed by atoms with Crippen molar-refractivity contribution in [2.75, 3.05) is 14.2 Å². The van der Waals surface area contributed by atoms with Crippen molar-refractivity contribution in [3.05, 3.63) is 34.4 Å². The van der Waals surface area contributed by atoms with Crippen molar-refractivity contribution in [2.45, 2.75) is 13.0 Å². The first-order valence-electron chi connectivity index (χ1n) is 6.09. The van der Waals surface area contributed by atoms with E-state index in [1.54, 1.807) is 38.3 Å². The molecule has 1 aliphatic heterocycles. The summed E-state index contributed by atoms with van der Waals surface area (Å²) in [5.74, 6) is 0.710. The molecule has 0 radical (unpaired) electrons. The predicted molar refractivity (Wildman–Crippen MR) is 78.4 cm³/mol. The van der Waals surface area contributed by atoms with Gasteiger partial charge in [0.2, 0.25) is 5.84 Å². The molecule has 1 aliphatic rings. The fourth-order valence-corrected chi connectivity index (χ4v) is 1.80. The number of aliphatic imine (C=N–C) groups is 3. The Morgan fingerprint density at radius 2 is 1.86 bits per heavy atom. The summed E-state index contributed by atoms with van der Waals surface area (Å²) in [4.78, 5) is 22.8. The normalized spacial score (nSPS) is 19.8. The molecule has 0 N–H and O–H groups in total. The lowest BCUT2D eigenvalue weighted by Crippen LogP contribution is -2.39. The van der Waals surface area contributed by atoms with Gasteiger partial charge < -0.3 is 9.47 Å². The van der Waals surface area contributed by atoms with Crippen LogP contribution in [0.2, 0.25) is 0 Å². The van der Waals surface area contributed by atoms with Crippen molar-refractivity contribution in [3.63, 3.8) is 0 Å². The summed E-state index contributed by atoms with van der Waals surface area (Å²) in [7, 11) is 2.95. The van der Waals surface area contributed by atoms with Crippen LogP contribution < -0.4 is 4.74 Å². The molecule has 0 bridgehead atoms. The monoisotopic (exact) mass is 290 g/mol. The molecule has 1 atom stereocenters. The van der Waals surface area contributed by atoms with E-state index in [1.807, 2.05) is 0 Å². The van der Waals surface area contributed by atoms with Crippen molar-refractivity contribution in [3.8, 4) is 5.75 Å². The van der Waals surface area contributed by atoms with E-state index in [0.29, 0.717) is 11.4 Å². The number of benzene rings is 1. The largest absolute Gasteiger partial charge is 0.497 e. The Hall–Kier alpha value is -2.77. The Bertz CT molecular complexity index is 634. The average molecular weight is 290 g/mol. The fourth-order valence-electron chi connectivity index (χ4n) is 1.80. The Morgan fingerprint density at radius 3 is 2.38 bits per heavy atom. The topological polar surface area (TPSA) is 98.7 Å². The summed E-state index contributed by atoms with van der Waals surface area (Å²) in [6, 6.07) is 5.68. The zero-order valence-corrected chi connectivity index (χ0v) is 11.8. The molecule has 1 heterocycles. The third kappa shape index (κ3) is 3.22. The Labute approximate surface area is 121 Å². The van der Waals surface area contributed by atoms with Crippen LogP contribution in [-0.4, -0.2) is 42.8 Å². The number of hydrogen-bond donors (Lipinski definition) is 0. The number of ether oxygens (including phenoxy) is 2.